The van der Waals surface area contributed by atoms with E-state index in [1.165, 1.54) is 7.11 Å². The number of carbonyl (C=O) groups excluding carboxylic acids is 1. The zero-order chi connectivity index (χ0) is 9.14. The van der Waals surface area contributed by atoms with Crippen LogP contribution in [0.1, 0.15) is 16.2 Å². The topological polar surface area (TPSA) is 52.1 Å². The molecule has 0 bridgehead atoms. The van der Waals surface area contributed by atoms with Gasteiger partial charge in [-0.05, 0) is 28.9 Å². The van der Waals surface area contributed by atoms with Crippen LogP contribution >= 0.6 is 15.9 Å². The normalized spacial score (nSPS) is 9.58. The highest BCUT2D eigenvalue weighted by molar-refractivity contribution is 9.10. The maximum Gasteiger partial charge on any atom is 0.356 e. The van der Waals surface area contributed by atoms with Crippen LogP contribution in [0.3, 0.4) is 0 Å². The molecule has 0 aliphatic carbocycles. The van der Waals surface area contributed by atoms with E-state index < -0.39 is 5.97 Å². The fraction of sp³-hybridized carbons (Fsp3) is 0.286. The van der Waals surface area contributed by atoms with Gasteiger partial charge in [-0.25, -0.2) is 14.8 Å². The molecule has 0 spiro atoms. The van der Waals surface area contributed by atoms with Gasteiger partial charge in [-0.15, -0.1) is 0 Å². The van der Waals surface area contributed by atoms with Crippen molar-refractivity contribution >= 4 is 21.9 Å². The second kappa shape index (κ2) is 3.62. The van der Waals surface area contributed by atoms with Gasteiger partial charge in [0, 0.05) is 5.69 Å². The lowest BCUT2D eigenvalue weighted by Crippen LogP contribution is -2.05. The van der Waals surface area contributed by atoms with Gasteiger partial charge in [-0.2, -0.15) is 0 Å². The summed E-state index contributed by atoms with van der Waals surface area (Å²) in [7, 11) is 1.31. The summed E-state index contributed by atoms with van der Waals surface area (Å²) in [6.07, 6.45) is 0. The minimum absolute atomic E-state index is 0.261. The van der Waals surface area contributed by atoms with E-state index in [0.717, 1.165) is 5.69 Å². The molecule has 0 atom stereocenters. The van der Waals surface area contributed by atoms with Crippen LogP contribution in [0.5, 0.6) is 0 Å². The number of carbonyl (C=O) groups is 1. The lowest BCUT2D eigenvalue weighted by molar-refractivity contribution is 0.0593. The molecule has 64 valence electrons. The van der Waals surface area contributed by atoms with E-state index in [-0.39, 0.29) is 5.69 Å². The quantitative estimate of drug-likeness (QED) is 0.540. The smallest absolute Gasteiger partial charge is 0.356 e. The molecule has 0 N–H and O–H groups in total. The third kappa shape index (κ3) is 2.01. The molecule has 0 aliphatic rings. The Labute approximate surface area is 78.1 Å². The third-order valence-corrected chi connectivity index (χ3v) is 1.58. The number of hydrogen-bond donors (Lipinski definition) is 0. The Morgan fingerprint density at radius 2 is 2.25 bits per heavy atom. The van der Waals surface area contributed by atoms with Crippen molar-refractivity contribution in [3.8, 4) is 0 Å². The van der Waals surface area contributed by atoms with Gasteiger partial charge in [-0.3, -0.25) is 0 Å². The summed E-state index contributed by atoms with van der Waals surface area (Å²) in [4.78, 5) is 18.8. The van der Waals surface area contributed by atoms with Crippen molar-refractivity contribution < 1.29 is 9.53 Å². The summed E-state index contributed by atoms with van der Waals surface area (Å²) >= 11 is 3.08. The van der Waals surface area contributed by atoms with Crippen molar-refractivity contribution in [1.29, 1.82) is 0 Å². The molecule has 0 unspecified atom stereocenters. The minimum atomic E-state index is -0.457. The van der Waals surface area contributed by atoms with Crippen molar-refractivity contribution in [2.24, 2.45) is 0 Å². The summed E-state index contributed by atoms with van der Waals surface area (Å²) in [5.74, 6) is -0.457. The zero-order valence-corrected chi connectivity index (χ0v) is 8.25. The van der Waals surface area contributed by atoms with E-state index in [4.69, 9.17) is 0 Å². The van der Waals surface area contributed by atoms with Gasteiger partial charge in [0.15, 0.2) is 10.4 Å². The highest BCUT2D eigenvalue weighted by atomic mass is 79.9. The predicted molar refractivity (Wildman–Crippen MR) is 45.8 cm³/mol. The molecule has 0 fully saturated rings. The van der Waals surface area contributed by atoms with Gasteiger partial charge >= 0.3 is 5.97 Å². The average Bonchev–Trinajstić information content (AvgIpc) is 2.01. The number of aryl methyl sites for hydroxylation is 1. The highest BCUT2D eigenvalue weighted by Crippen LogP contribution is 2.06. The summed E-state index contributed by atoms with van der Waals surface area (Å²) in [5.41, 5.74) is 0.981. The van der Waals surface area contributed by atoms with Crippen LogP contribution in [0, 0.1) is 6.92 Å². The second-order valence-corrected chi connectivity index (χ2v) is 2.86. The monoisotopic (exact) mass is 230 g/mol. The Hall–Kier alpha value is -0.970. The Bertz CT molecular complexity index is 294. The number of ether oxygens (including phenoxy) is 1. The fourth-order valence-corrected chi connectivity index (χ4v) is 1.21. The van der Waals surface area contributed by atoms with Crippen LogP contribution < -0.4 is 0 Å². The zero-order valence-electron chi connectivity index (χ0n) is 6.67. The number of halogens is 1. The molecule has 0 amide bonds. The minimum Gasteiger partial charge on any atom is -0.464 e. The van der Waals surface area contributed by atoms with Crippen molar-refractivity contribution in [1.82, 2.24) is 9.97 Å². The van der Waals surface area contributed by atoms with Gasteiger partial charge < -0.3 is 4.74 Å². The molecular formula is C7H7BrN2O2. The molecule has 0 aliphatic heterocycles. The number of aromatic nitrogens is 2. The van der Waals surface area contributed by atoms with Crippen LogP contribution in [0.25, 0.3) is 0 Å². The molecule has 4 nitrogen and oxygen atoms in total. The number of rotatable bonds is 1. The molecule has 1 rings (SSSR count). The first kappa shape index (κ1) is 9.12. The fourth-order valence-electron chi connectivity index (χ4n) is 0.741. The van der Waals surface area contributed by atoms with E-state index in [9.17, 15) is 4.79 Å². The SMILES string of the molecule is COC(=O)c1cc(C)nc(Br)n1. The number of methoxy groups -OCH3 is 1. The number of nitrogens with zero attached hydrogens (tertiary/aromatic N) is 2. The van der Waals surface area contributed by atoms with Gasteiger partial charge in [0.2, 0.25) is 0 Å². The molecular weight excluding hydrogens is 224 g/mol. The molecule has 1 heterocycles. The lowest BCUT2D eigenvalue weighted by atomic mass is 10.3. The van der Waals surface area contributed by atoms with Gasteiger partial charge in [0.05, 0.1) is 7.11 Å². The molecule has 0 aromatic carbocycles. The van der Waals surface area contributed by atoms with E-state index in [1.54, 1.807) is 13.0 Å². The maximum atomic E-state index is 11.0. The first-order valence-electron chi connectivity index (χ1n) is 3.23. The predicted octanol–water partition coefficient (Wildman–Crippen LogP) is 1.33. The van der Waals surface area contributed by atoms with Crippen LogP contribution in [0.15, 0.2) is 10.8 Å². The highest BCUT2D eigenvalue weighted by Gasteiger charge is 2.08. The molecule has 0 saturated carbocycles. The molecule has 0 radical (unpaired) electrons. The van der Waals surface area contributed by atoms with Gasteiger partial charge in [-0.1, -0.05) is 0 Å². The van der Waals surface area contributed by atoms with Crippen molar-refractivity contribution in [3.05, 3.63) is 22.2 Å². The summed E-state index contributed by atoms with van der Waals surface area (Å²) < 4.78 is 4.89. The Balaban J connectivity index is 3.08. The number of esters is 1. The maximum absolute atomic E-state index is 11.0. The van der Waals surface area contributed by atoms with E-state index >= 15 is 0 Å². The van der Waals surface area contributed by atoms with Gasteiger partial charge in [0.25, 0.3) is 0 Å². The summed E-state index contributed by atoms with van der Waals surface area (Å²) in [6.45, 7) is 1.78. The van der Waals surface area contributed by atoms with Crippen LogP contribution in [0.4, 0.5) is 0 Å². The van der Waals surface area contributed by atoms with Crippen molar-refractivity contribution in [3.63, 3.8) is 0 Å². The van der Waals surface area contributed by atoms with Crippen LogP contribution in [-0.4, -0.2) is 23.0 Å². The molecule has 1 aromatic rings. The molecule has 5 heteroatoms. The summed E-state index contributed by atoms with van der Waals surface area (Å²) in [6, 6.07) is 1.57. The van der Waals surface area contributed by atoms with Gasteiger partial charge in [0.1, 0.15) is 0 Å². The Morgan fingerprint density at radius 1 is 1.58 bits per heavy atom. The summed E-state index contributed by atoms with van der Waals surface area (Å²) in [5, 5.41) is 0. The lowest BCUT2D eigenvalue weighted by Gasteiger charge is -1.99. The van der Waals surface area contributed by atoms with Crippen molar-refractivity contribution in [2.45, 2.75) is 6.92 Å². The average molecular weight is 231 g/mol. The molecule has 1 aromatic heterocycles. The second-order valence-electron chi connectivity index (χ2n) is 2.16. The molecule has 0 saturated heterocycles. The van der Waals surface area contributed by atoms with E-state index in [1.807, 2.05) is 0 Å². The Morgan fingerprint density at radius 3 is 2.75 bits per heavy atom. The molecule has 12 heavy (non-hydrogen) atoms. The first-order valence-corrected chi connectivity index (χ1v) is 4.02. The van der Waals surface area contributed by atoms with Crippen LogP contribution in [-0.2, 0) is 4.74 Å². The van der Waals surface area contributed by atoms with Crippen molar-refractivity contribution in [2.75, 3.05) is 7.11 Å². The largest absolute Gasteiger partial charge is 0.464 e. The standard InChI is InChI=1S/C7H7BrN2O2/c1-4-3-5(6(11)12-2)10-7(8)9-4/h3H,1-2H3. The third-order valence-electron chi connectivity index (χ3n) is 1.22. The first-order chi connectivity index (χ1) is 5.63. The van der Waals surface area contributed by atoms with E-state index in [2.05, 4.69) is 30.6 Å². The Kier molecular flexibility index (Phi) is 2.75. The van der Waals surface area contributed by atoms with Crippen LogP contribution in [0.2, 0.25) is 0 Å². The van der Waals surface area contributed by atoms with E-state index in [0.29, 0.717) is 4.73 Å². The number of hydrogen-bond acceptors (Lipinski definition) is 4.